The van der Waals surface area contributed by atoms with Gasteiger partial charge in [0.2, 0.25) is 0 Å². The fourth-order valence-electron chi connectivity index (χ4n) is 8.77. The van der Waals surface area contributed by atoms with Gasteiger partial charge in [-0.2, -0.15) is 0 Å². The number of para-hydroxylation sites is 1. The van der Waals surface area contributed by atoms with Crippen LogP contribution >= 0.6 is 11.3 Å². The lowest BCUT2D eigenvalue weighted by Crippen LogP contribution is -2.04. The smallest absolute Gasteiger partial charge is 0.166 e. The molecule has 0 unspecified atom stereocenters. The van der Waals surface area contributed by atoms with Crippen LogP contribution < -0.4 is 0 Å². The predicted molar refractivity (Wildman–Crippen MR) is 252 cm³/mol. The van der Waals surface area contributed by atoms with E-state index in [1.165, 1.54) is 47.3 Å². The highest BCUT2D eigenvalue weighted by Gasteiger charge is 2.21. The molecule has 0 fully saturated rings. The van der Waals surface area contributed by atoms with Gasteiger partial charge in [-0.15, -0.1) is 11.3 Å². The summed E-state index contributed by atoms with van der Waals surface area (Å²) in [7, 11) is 0. The van der Waals surface area contributed by atoms with Crippen LogP contribution in [0, 0.1) is 0 Å². The average molecular weight is 783 g/mol. The van der Waals surface area contributed by atoms with Crippen molar-refractivity contribution in [2.45, 2.75) is 0 Å². The van der Waals surface area contributed by atoms with Crippen molar-refractivity contribution in [2.24, 2.45) is 0 Å². The van der Waals surface area contributed by atoms with Crippen molar-refractivity contribution in [1.29, 1.82) is 0 Å². The van der Waals surface area contributed by atoms with E-state index in [1.54, 1.807) is 0 Å². The Bertz CT molecular complexity index is 3610. The lowest BCUT2D eigenvalue weighted by molar-refractivity contribution is 1.06. The number of hydrogen-bond acceptors (Lipinski definition) is 4. The van der Waals surface area contributed by atoms with Crippen LogP contribution in [-0.2, 0) is 0 Å². The van der Waals surface area contributed by atoms with Crippen molar-refractivity contribution in [3.63, 3.8) is 0 Å². The van der Waals surface area contributed by atoms with Crippen LogP contribution in [0.2, 0.25) is 0 Å². The molecule has 0 saturated heterocycles. The van der Waals surface area contributed by atoms with Gasteiger partial charge in [-0.3, -0.25) is 0 Å². The Morgan fingerprint density at radius 2 is 0.950 bits per heavy atom. The molecule has 0 N–H and O–H groups in total. The van der Waals surface area contributed by atoms with E-state index in [1.807, 2.05) is 29.5 Å². The Kier molecular flexibility index (Phi) is 8.00. The third kappa shape index (κ3) is 5.70. The quantitative estimate of drug-likeness (QED) is 0.169. The molecule has 4 nitrogen and oxygen atoms in total. The zero-order valence-electron chi connectivity index (χ0n) is 32.3. The fourth-order valence-corrected chi connectivity index (χ4v) is 10.0. The van der Waals surface area contributed by atoms with E-state index < -0.39 is 0 Å². The van der Waals surface area contributed by atoms with Crippen LogP contribution in [0.4, 0.5) is 0 Å². The molecule has 0 aliphatic heterocycles. The second-order valence-corrected chi connectivity index (χ2v) is 16.3. The molecule has 5 heteroatoms. The Labute approximate surface area is 350 Å². The van der Waals surface area contributed by atoms with Gasteiger partial charge in [0.25, 0.3) is 0 Å². The number of nitrogens with zero attached hydrogens (tertiary/aromatic N) is 4. The van der Waals surface area contributed by atoms with Gasteiger partial charge in [0.05, 0.1) is 16.7 Å². The molecule has 0 radical (unpaired) electrons. The summed E-state index contributed by atoms with van der Waals surface area (Å²) in [4.78, 5) is 15.9. The van der Waals surface area contributed by atoms with Gasteiger partial charge < -0.3 is 4.57 Å². The Hall–Kier alpha value is -7.73. The summed E-state index contributed by atoms with van der Waals surface area (Å²) in [6.07, 6.45) is 0. The summed E-state index contributed by atoms with van der Waals surface area (Å²) < 4.78 is 4.96. The summed E-state index contributed by atoms with van der Waals surface area (Å²) in [6.45, 7) is 0. The SMILES string of the molecule is c1ccc(-c2ccc(-c3nc(-c4ccccc4)nc(-c4cccc(-c5cccc6c5sc5ccccc56)c4)n3)c(-n3c4ccccc4c4cc5ccccc5cc43)c2)cc1. The van der Waals surface area contributed by atoms with Crippen LogP contribution in [0.5, 0.6) is 0 Å². The fraction of sp³-hybridized carbons (Fsp3) is 0. The number of aromatic nitrogens is 4. The van der Waals surface area contributed by atoms with Gasteiger partial charge in [0.1, 0.15) is 0 Å². The lowest BCUT2D eigenvalue weighted by Gasteiger charge is -2.17. The Balaban J connectivity index is 1.11. The molecule has 9 aromatic carbocycles. The molecular weight excluding hydrogens is 749 g/mol. The van der Waals surface area contributed by atoms with Crippen LogP contribution in [0.1, 0.15) is 0 Å². The molecule has 280 valence electrons. The zero-order chi connectivity index (χ0) is 39.6. The van der Waals surface area contributed by atoms with Crippen LogP contribution in [0.3, 0.4) is 0 Å². The molecule has 3 heterocycles. The summed E-state index contributed by atoms with van der Waals surface area (Å²) >= 11 is 1.84. The molecule has 0 saturated carbocycles. The van der Waals surface area contributed by atoms with Gasteiger partial charge in [0.15, 0.2) is 17.5 Å². The largest absolute Gasteiger partial charge is 0.308 e. The van der Waals surface area contributed by atoms with Crippen molar-refractivity contribution >= 4 is 64.1 Å². The minimum Gasteiger partial charge on any atom is -0.308 e. The maximum Gasteiger partial charge on any atom is 0.166 e. The van der Waals surface area contributed by atoms with Gasteiger partial charge in [0, 0.05) is 47.6 Å². The van der Waals surface area contributed by atoms with E-state index >= 15 is 0 Å². The van der Waals surface area contributed by atoms with Crippen molar-refractivity contribution in [3.8, 4) is 62.1 Å². The van der Waals surface area contributed by atoms with Crippen molar-refractivity contribution in [2.75, 3.05) is 0 Å². The number of rotatable bonds is 6. The number of benzene rings is 9. The highest BCUT2D eigenvalue weighted by atomic mass is 32.1. The van der Waals surface area contributed by atoms with E-state index in [2.05, 4.69) is 193 Å². The monoisotopic (exact) mass is 782 g/mol. The standard InChI is InChI=1S/C55H34N4S/c1-3-15-35(16-4-1)39-29-30-46(49(34-39)59-48-27-11-9-23-43(48)47-32-37-19-7-8-20-38(37)33-50(47)59)55-57-53(36-17-5-2-6-18-36)56-54(58-55)41-22-13-21-40(31-41)42-25-14-26-45-44-24-10-12-28-51(44)60-52(42)45/h1-34H. The van der Waals surface area contributed by atoms with E-state index in [0.717, 1.165) is 50.1 Å². The van der Waals surface area contributed by atoms with Crippen molar-refractivity contribution in [3.05, 3.63) is 206 Å². The van der Waals surface area contributed by atoms with Crippen LogP contribution in [0.25, 0.3) is 115 Å². The first-order valence-corrected chi connectivity index (χ1v) is 21.0. The summed E-state index contributed by atoms with van der Waals surface area (Å²) in [5.74, 6) is 1.85. The third-order valence-corrected chi connectivity index (χ3v) is 12.9. The molecule has 12 rings (SSSR count). The highest BCUT2D eigenvalue weighted by molar-refractivity contribution is 7.26. The molecule has 0 atom stereocenters. The first-order chi connectivity index (χ1) is 29.7. The highest BCUT2D eigenvalue weighted by Crippen LogP contribution is 2.42. The molecule has 0 amide bonds. The Morgan fingerprint density at radius 3 is 1.78 bits per heavy atom. The average Bonchev–Trinajstić information content (AvgIpc) is 3.86. The maximum absolute atomic E-state index is 5.38. The third-order valence-electron chi connectivity index (χ3n) is 11.6. The van der Waals surface area contributed by atoms with E-state index in [4.69, 9.17) is 15.0 Å². The first-order valence-electron chi connectivity index (χ1n) is 20.2. The van der Waals surface area contributed by atoms with Gasteiger partial charge >= 0.3 is 0 Å². The van der Waals surface area contributed by atoms with Gasteiger partial charge in [-0.1, -0.05) is 164 Å². The molecule has 0 spiro atoms. The molecule has 12 aromatic rings. The second-order valence-electron chi connectivity index (χ2n) is 15.2. The summed E-state index contributed by atoms with van der Waals surface area (Å²) in [5.41, 5.74) is 10.6. The van der Waals surface area contributed by atoms with Crippen molar-refractivity contribution < 1.29 is 0 Å². The molecule has 0 bridgehead atoms. The molecule has 0 aliphatic rings. The van der Waals surface area contributed by atoms with Gasteiger partial charge in [-0.25, -0.2) is 15.0 Å². The van der Waals surface area contributed by atoms with E-state index in [-0.39, 0.29) is 0 Å². The Morgan fingerprint density at radius 1 is 0.333 bits per heavy atom. The topological polar surface area (TPSA) is 43.6 Å². The maximum atomic E-state index is 5.38. The number of hydrogen-bond donors (Lipinski definition) is 0. The van der Waals surface area contributed by atoms with Crippen molar-refractivity contribution in [1.82, 2.24) is 19.5 Å². The summed E-state index contributed by atoms with van der Waals surface area (Å²) in [5, 5.41) is 7.36. The minimum atomic E-state index is 0.609. The molecule has 60 heavy (non-hydrogen) atoms. The van der Waals surface area contributed by atoms with Gasteiger partial charge in [-0.05, 0) is 75.5 Å². The van der Waals surface area contributed by atoms with Crippen LogP contribution in [-0.4, -0.2) is 19.5 Å². The predicted octanol–water partition coefficient (Wildman–Crippen LogP) is 14.8. The van der Waals surface area contributed by atoms with Crippen LogP contribution in [0.15, 0.2) is 206 Å². The zero-order valence-corrected chi connectivity index (χ0v) is 33.1. The molecular formula is C55H34N4S. The second kappa shape index (κ2) is 14.0. The molecule has 3 aromatic heterocycles. The minimum absolute atomic E-state index is 0.609. The lowest BCUT2D eigenvalue weighted by atomic mass is 10.00. The first kappa shape index (κ1) is 34.3. The molecule has 0 aliphatic carbocycles. The van der Waals surface area contributed by atoms with E-state index in [9.17, 15) is 0 Å². The number of thiophene rings is 1. The number of fused-ring (bicyclic) bond motifs is 7. The normalized spacial score (nSPS) is 11.7. The van der Waals surface area contributed by atoms with E-state index in [0.29, 0.717) is 17.5 Å². The summed E-state index contributed by atoms with van der Waals surface area (Å²) in [6, 6.07) is 73.3.